The Kier molecular flexibility index (Phi) is 5.95. The quantitative estimate of drug-likeness (QED) is 0.657. The zero-order valence-electron chi connectivity index (χ0n) is 15.5. The summed E-state index contributed by atoms with van der Waals surface area (Å²) >= 11 is 0. The Labute approximate surface area is 164 Å². The molecule has 1 saturated carbocycles. The number of carboxylic acids is 1. The van der Waals surface area contributed by atoms with Crippen molar-refractivity contribution in [2.45, 2.75) is 43.7 Å². The topological polar surface area (TPSA) is 102 Å². The molecule has 6 heteroatoms. The van der Waals surface area contributed by atoms with Gasteiger partial charge in [-0.05, 0) is 48.9 Å². The molecule has 3 N–H and O–H groups in total. The highest BCUT2D eigenvalue weighted by Gasteiger charge is 2.46. The third-order valence-corrected chi connectivity index (χ3v) is 5.01. The Bertz CT molecular complexity index is 885. The van der Waals surface area contributed by atoms with Crippen LogP contribution in [0, 0.1) is 11.3 Å². The fraction of sp³-hybridized carbons (Fsp3) is 0.318. The van der Waals surface area contributed by atoms with E-state index in [9.17, 15) is 9.59 Å². The molecule has 1 aliphatic carbocycles. The molecule has 0 aliphatic heterocycles. The summed E-state index contributed by atoms with van der Waals surface area (Å²) in [6.45, 7) is 0. The molecule has 0 spiro atoms. The molecule has 144 valence electrons. The predicted octanol–water partition coefficient (Wildman–Crippen LogP) is 3.32. The monoisotopic (exact) mass is 377 g/mol. The van der Waals surface area contributed by atoms with E-state index >= 15 is 0 Å². The number of carbonyl (C=O) groups excluding carboxylic acids is 1. The highest BCUT2D eigenvalue weighted by atomic mass is 16.4. The molecule has 2 aromatic rings. The fourth-order valence-electron chi connectivity index (χ4n) is 3.36. The first kappa shape index (κ1) is 19.4. The summed E-state index contributed by atoms with van der Waals surface area (Å²) in [6, 6.07) is 18.5. The summed E-state index contributed by atoms with van der Waals surface area (Å²) in [4.78, 5) is 23.6. The minimum Gasteiger partial charge on any atom is -0.481 e. The summed E-state index contributed by atoms with van der Waals surface area (Å²) in [7, 11) is 0. The molecule has 2 amide bonds. The zero-order valence-corrected chi connectivity index (χ0v) is 15.5. The van der Waals surface area contributed by atoms with Crippen molar-refractivity contribution in [3.63, 3.8) is 0 Å². The highest BCUT2D eigenvalue weighted by Crippen LogP contribution is 2.45. The van der Waals surface area contributed by atoms with Crippen LogP contribution in [0.5, 0.6) is 0 Å². The molecule has 0 radical (unpaired) electrons. The van der Waals surface area contributed by atoms with Crippen LogP contribution in [0.2, 0.25) is 0 Å². The van der Waals surface area contributed by atoms with Gasteiger partial charge < -0.3 is 15.7 Å². The molecule has 0 saturated heterocycles. The Hall–Kier alpha value is -3.33. The number of carbonyl (C=O) groups is 2. The minimum absolute atomic E-state index is 0.00681. The van der Waals surface area contributed by atoms with E-state index in [-0.39, 0.29) is 18.5 Å². The van der Waals surface area contributed by atoms with E-state index in [0.717, 1.165) is 24.0 Å². The lowest BCUT2D eigenvalue weighted by Gasteiger charge is -2.23. The first-order chi connectivity index (χ1) is 13.5. The first-order valence-corrected chi connectivity index (χ1v) is 9.36. The number of carboxylic acid groups (broad SMARTS) is 1. The van der Waals surface area contributed by atoms with Crippen LogP contribution in [0.25, 0.3) is 0 Å². The largest absolute Gasteiger partial charge is 0.481 e. The van der Waals surface area contributed by atoms with Crippen LogP contribution in [0.3, 0.4) is 0 Å². The number of amides is 2. The Balaban J connectivity index is 1.65. The summed E-state index contributed by atoms with van der Waals surface area (Å²) in [6.07, 6.45) is 2.54. The zero-order chi connectivity index (χ0) is 20.0. The van der Waals surface area contributed by atoms with E-state index in [1.54, 1.807) is 12.1 Å². The standard InChI is InChI=1S/C22H23N3O3/c23-15-17-7-4-8-18(13-17)22(11-12-22)25-21(28)24-19(9-10-20(26)27)14-16-5-2-1-3-6-16/h1-8,13,19H,9-12,14H2,(H,26,27)(H2,24,25,28). The number of hydrogen-bond acceptors (Lipinski definition) is 3. The van der Waals surface area contributed by atoms with Crippen molar-refractivity contribution in [2.75, 3.05) is 0 Å². The lowest BCUT2D eigenvalue weighted by Crippen LogP contribution is -2.47. The first-order valence-electron chi connectivity index (χ1n) is 9.36. The second kappa shape index (κ2) is 8.57. The van der Waals surface area contributed by atoms with E-state index in [1.807, 2.05) is 42.5 Å². The average Bonchev–Trinajstić information content (AvgIpc) is 3.47. The van der Waals surface area contributed by atoms with Crippen molar-refractivity contribution < 1.29 is 14.7 Å². The average molecular weight is 377 g/mol. The smallest absolute Gasteiger partial charge is 0.315 e. The molecule has 2 aromatic carbocycles. The molecular weight excluding hydrogens is 354 g/mol. The maximum atomic E-state index is 12.6. The van der Waals surface area contributed by atoms with Crippen LogP contribution in [0.4, 0.5) is 4.79 Å². The molecule has 1 fully saturated rings. The number of nitrogens with one attached hydrogen (secondary N) is 2. The Morgan fingerprint density at radius 2 is 1.89 bits per heavy atom. The predicted molar refractivity (Wildman–Crippen MR) is 105 cm³/mol. The van der Waals surface area contributed by atoms with Gasteiger partial charge in [-0.2, -0.15) is 5.26 Å². The number of urea groups is 1. The molecule has 0 heterocycles. The Morgan fingerprint density at radius 1 is 1.14 bits per heavy atom. The minimum atomic E-state index is -0.882. The van der Waals surface area contributed by atoms with Crippen LogP contribution >= 0.6 is 0 Å². The number of benzene rings is 2. The van der Waals surface area contributed by atoms with Gasteiger partial charge in [-0.1, -0.05) is 42.5 Å². The summed E-state index contributed by atoms with van der Waals surface area (Å²) in [5.41, 5.74) is 2.09. The summed E-state index contributed by atoms with van der Waals surface area (Å²) in [5.74, 6) is -0.882. The van der Waals surface area contributed by atoms with Crippen molar-refractivity contribution in [1.29, 1.82) is 5.26 Å². The van der Waals surface area contributed by atoms with Crippen LogP contribution in [-0.2, 0) is 16.8 Å². The van der Waals surface area contributed by atoms with E-state index in [4.69, 9.17) is 10.4 Å². The van der Waals surface area contributed by atoms with Gasteiger partial charge in [-0.25, -0.2) is 4.79 Å². The van der Waals surface area contributed by atoms with Gasteiger partial charge >= 0.3 is 12.0 Å². The molecular formula is C22H23N3O3. The van der Waals surface area contributed by atoms with Crippen molar-refractivity contribution in [2.24, 2.45) is 0 Å². The number of aliphatic carboxylic acids is 1. The molecule has 0 bridgehead atoms. The van der Waals surface area contributed by atoms with E-state index in [2.05, 4.69) is 16.7 Å². The lowest BCUT2D eigenvalue weighted by molar-refractivity contribution is -0.137. The third-order valence-electron chi connectivity index (χ3n) is 5.01. The van der Waals surface area contributed by atoms with Crippen LogP contribution in [0.1, 0.15) is 42.4 Å². The summed E-state index contributed by atoms with van der Waals surface area (Å²) in [5, 5.41) is 24.1. The maximum Gasteiger partial charge on any atom is 0.315 e. The number of rotatable bonds is 8. The van der Waals surface area contributed by atoms with Crippen molar-refractivity contribution >= 4 is 12.0 Å². The van der Waals surface area contributed by atoms with Gasteiger partial charge in [0.2, 0.25) is 0 Å². The van der Waals surface area contributed by atoms with E-state index in [0.29, 0.717) is 18.4 Å². The van der Waals surface area contributed by atoms with Gasteiger partial charge in [0.15, 0.2) is 0 Å². The second-order valence-electron chi connectivity index (χ2n) is 7.19. The van der Waals surface area contributed by atoms with Crippen molar-refractivity contribution in [1.82, 2.24) is 10.6 Å². The molecule has 3 rings (SSSR count). The van der Waals surface area contributed by atoms with Crippen molar-refractivity contribution in [3.05, 3.63) is 71.3 Å². The van der Waals surface area contributed by atoms with Gasteiger partial charge in [0.05, 0.1) is 17.2 Å². The molecule has 1 aliphatic rings. The lowest BCUT2D eigenvalue weighted by atomic mass is 10.0. The fourth-order valence-corrected chi connectivity index (χ4v) is 3.36. The second-order valence-corrected chi connectivity index (χ2v) is 7.19. The molecule has 0 aromatic heterocycles. The number of nitriles is 1. The van der Waals surface area contributed by atoms with Gasteiger partial charge in [-0.15, -0.1) is 0 Å². The third kappa shape index (κ3) is 5.10. The van der Waals surface area contributed by atoms with Crippen LogP contribution in [-0.4, -0.2) is 23.1 Å². The van der Waals surface area contributed by atoms with Gasteiger partial charge in [0, 0.05) is 12.5 Å². The molecule has 6 nitrogen and oxygen atoms in total. The van der Waals surface area contributed by atoms with Crippen molar-refractivity contribution in [3.8, 4) is 6.07 Å². The maximum absolute atomic E-state index is 12.6. The SMILES string of the molecule is N#Cc1cccc(C2(NC(=O)NC(CCC(=O)O)Cc3ccccc3)CC2)c1. The molecule has 1 unspecified atom stereocenters. The van der Waals surface area contributed by atoms with Gasteiger partial charge in [0.1, 0.15) is 0 Å². The summed E-state index contributed by atoms with van der Waals surface area (Å²) < 4.78 is 0. The van der Waals surface area contributed by atoms with Gasteiger partial charge in [0.25, 0.3) is 0 Å². The molecule has 1 atom stereocenters. The molecule has 28 heavy (non-hydrogen) atoms. The normalized spacial score (nSPS) is 15.1. The van der Waals surface area contributed by atoms with E-state index < -0.39 is 11.5 Å². The Morgan fingerprint density at radius 3 is 2.54 bits per heavy atom. The van der Waals surface area contributed by atoms with E-state index in [1.165, 1.54) is 0 Å². The number of nitrogens with zero attached hydrogens (tertiary/aromatic N) is 1. The number of hydrogen-bond donors (Lipinski definition) is 3. The van der Waals surface area contributed by atoms with Crippen LogP contribution in [0.15, 0.2) is 54.6 Å². The van der Waals surface area contributed by atoms with Crippen LogP contribution < -0.4 is 10.6 Å². The highest BCUT2D eigenvalue weighted by molar-refractivity contribution is 5.76. The van der Waals surface area contributed by atoms with Gasteiger partial charge in [-0.3, -0.25) is 4.79 Å².